The molecule has 0 heterocycles. The fourth-order valence-corrected chi connectivity index (χ4v) is 2.11. The highest BCUT2D eigenvalue weighted by molar-refractivity contribution is 5.76. The minimum absolute atomic E-state index is 0.199. The van der Waals surface area contributed by atoms with Crippen molar-refractivity contribution in [2.24, 2.45) is 5.92 Å². The Morgan fingerprint density at radius 1 is 1.29 bits per heavy atom. The van der Waals surface area contributed by atoms with Gasteiger partial charge in [-0.05, 0) is 19.3 Å². The van der Waals surface area contributed by atoms with Crippen molar-refractivity contribution >= 4 is 12.0 Å². The normalized spacial score (nSPS) is 18.4. The van der Waals surface area contributed by atoms with E-state index >= 15 is 0 Å². The lowest BCUT2D eigenvalue weighted by Gasteiger charge is -2.23. The second-order valence-electron chi connectivity index (χ2n) is 4.63. The van der Waals surface area contributed by atoms with Gasteiger partial charge in [0, 0.05) is 12.6 Å². The second-order valence-corrected chi connectivity index (χ2v) is 4.63. The Morgan fingerprint density at radius 3 is 2.47 bits per heavy atom. The van der Waals surface area contributed by atoms with Gasteiger partial charge in [0.25, 0.3) is 0 Å². The summed E-state index contributed by atoms with van der Waals surface area (Å²) in [5.74, 6) is -1.35. The number of rotatable bonds is 5. The molecule has 3 N–H and O–H groups in total. The minimum Gasteiger partial charge on any atom is -0.481 e. The van der Waals surface area contributed by atoms with Crippen LogP contribution in [0.15, 0.2) is 0 Å². The first-order valence-corrected chi connectivity index (χ1v) is 6.40. The standard InChI is InChI=1S/C12H22N2O3/c1-2-9(11(15)16)8-13-12(17)14-10-6-4-3-5-7-10/h9-10H,2-8H2,1H3,(H,15,16)(H2,13,14,17). The maximum absolute atomic E-state index is 11.5. The van der Waals surface area contributed by atoms with Gasteiger partial charge in [0.15, 0.2) is 0 Å². The fraction of sp³-hybridized carbons (Fsp3) is 0.833. The lowest BCUT2D eigenvalue weighted by atomic mass is 9.96. The van der Waals surface area contributed by atoms with Crippen LogP contribution in [0.5, 0.6) is 0 Å². The predicted octanol–water partition coefficient (Wildman–Crippen LogP) is 1.73. The van der Waals surface area contributed by atoms with Crippen molar-refractivity contribution in [2.75, 3.05) is 6.54 Å². The Kier molecular flexibility index (Phi) is 5.80. The number of aliphatic carboxylic acids is 1. The van der Waals surface area contributed by atoms with Crippen LogP contribution in [-0.4, -0.2) is 29.7 Å². The molecule has 1 fully saturated rings. The van der Waals surface area contributed by atoms with Crippen molar-refractivity contribution < 1.29 is 14.7 Å². The average Bonchev–Trinajstić information content (AvgIpc) is 2.30. The van der Waals surface area contributed by atoms with E-state index in [4.69, 9.17) is 5.11 Å². The van der Waals surface area contributed by atoms with E-state index in [9.17, 15) is 9.59 Å². The number of amides is 2. The molecule has 1 atom stereocenters. The minimum atomic E-state index is -0.856. The van der Waals surface area contributed by atoms with Crippen molar-refractivity contribution in [3.63, 3.8) is 0 Å². The Labute approximate surface area is 102 Å². The average molecular weight is 242 g/mol. The van der Waals surface area contributed by atoms with Crippen molar-refractivity contribution in [1.82, 2.24) is 10.6 Å². The van der Waals surface area contributed by atoms with Crippen LogP contribution < -0.4 is 10.6 Å². The molecule has 5 heteroatoms. The van der Waals surface area contributed by atoms with Crippen LogP contribution in [0.25, 0.3) is 0 Å². The highest BCUT2D eigenvalue weighted by atomic mass is 16.4. The van der Waals surface area contributed by atoms with Crippen LogP contribution in [0.1, 0.15) is 45.4 Å². The van der Waals surface area contributed by atoms with Gasteiger partial charge in [-0.1, -0.05) is 26.2 Å². The van der Waals surface area contributed by atoms with E-state index in [2.05, 4.69) is 10.6 Å². The van der Waals surface area contributed by atoms with Crippen LogP contribution in [0.4, 0.5) is 4.79 Å². The van der Waals surface area contributed by atoms with Gasteiger partial charge < -0.3 is 15.7 Å². The van der Waals surface area contributed by atoms with E-state index < -0.39 is 11.9 Å². The zero-order chi connectivity index (χ0) is 12.7. The number of hydrogen-bond acceptors (Lipinski definition) is 2. The molecule has 1 unspecified atom stereocenters. The number of carbonyl (C=O) groups is 2. The van der Waals surface area contributed by atoms with E-state index in [0.29, 0.717) is 6.42 Å². The number of carboxylic acid groups (broad SMARTS) is 1. The van der Waals surface area contributed by atoms with E-state index in [0.717, 1.165) is 25.7 Å². The molecular weight excluding hydrogens is 220 g/mol. The van der Waals surface area contributed by atoms with Gasteiger partial charge in [0.1, 0.15) is 0 Å². The molecule has 0 bridgehead atoms. The zero-order valence-electron chi connectivity index (χ0n) is 10.4. The molecular formula is C12H22N2O3. The van der Waals surface area contributed by atoms with Crippen molar-refractivity contribution in [3.8, 4) is 0 Å². The topological polar surface area (TPSA) is 78.4 Å². The summed E-state index contributed by atoms with van der Waals surface area (Å²) in [7, 11) is 0. The molecule has 1 saturated carbocycles. The summed E-state index contributed by atoms with van der Waals surface area (Å²) < 4.78 is 0. The number of hydrogen-bond donors (Lipinski definition) is 3. The highest BCUT2D eigenvalue weighted by Gasteiger charge is 2.18. The molecule has 98 valence electrons. The molecule has 0 aromatic rings. The van der Waals surface area contributed by atoms with Gasteiger partial charge in [-0.2, -0.15) is 0 Å². The molecule has 0 aliphatic heterocycles. The summed E-state index contributed by atoms with van der Waals surface area (Å²) in [6, 6.07) is 0.0188. The number of carbonyl (C=O) groups excluding carboxylic acids is 1. The van der Waals surface area contributed by atoms with Crippen molar-refractivity contribution in [1.29, 1.82) is 0 Å². The Hall–Kier alpha value is -1.26. The third kappa shape index (κ3) is 5.06. The Bertz CT molecular complexity index is 262. The van der Waals surface area contributed by atoms with E-state index in [1.165, 1.54) is 6.42 Å². The van der Waals surface area contributed by atoms with Crippen molar-refractivity contribution in [2.45, 2.75) is 51.5 Å². The molecule has 0 radical (unpaired) electrons. The lowest BCUT2D eigenvalue weighted by Crippen LogP contribution is -2.45. The first kappa shape index (κ1) is 13.8. The third-order valence-electron chi connectivity index (χ3n) is 3.29. The van der Waals surface area contributed by atoms with Gasteiger partial charge >= 0.3 is 12.0 Å². The summed E-state index contributed by atoms with van der Waals surface area (Å²) in [6.07, 6.45) is 6.16. The first-order chi connectivity index (χ1) is 8.13. The molecule has 2 amide bonds. The number of nitrogens with one attached hydrogen (secondary N) is 2. The van der Waals surface area contributed by atoms with Crippen LogP contribution in [0.3, 0.4) is 0 Å². The Morgan fingerprint density at radius 2 is 1.94 bits per heavy atom. The molecule has 0 aromatic heterocycles. The smallest absolute Gasteiger partial charge is 0.315 e. The predicted molar refractivity (Wildman–Crippen MR) is 64.8 cm³/mol. The van der Waals surface area contributed by atoms with Gasteiger partial charge in [0.05, 0.1) is 5.92 Å². The maximum atomic E-state index is 11.5. The van der Waals surface area contributed by atoms with E-state index in [1.807, 2.05) is 0 Å². The molecule has 1 aliphatic carbocycles. The molecule has 17 heavy (non-hydrogen) atoms. The largest absolute Gasteiger partial charge is 0.481 e. The fourth-order valence-electron chi connectivity index (χ4n) is 2.11. The summed E-state index contributed by atoms with van der Waals surface area (Å²) in [4.78, 5) is 22.3. The number of carboxylic acids is 1. The highest BCUT2D eigenvalue weighted by Crippen LogP contribution is 2.17. The second kappa shape index (κ2) is 7.14. The summed E-state index contributed by atoms with van der Waals surface area (Å²) >= 11 is 0. The van der Waals surface area contributed by atoms with Gasteiger partial charge in [-0.25, -0.2) is 4.79 Å². The maximum Gasteiger partial charge on any atom is 0.315 e. The van der Waals surface area contributed by atoms with Crippen molar-refractivity contribution in [3.05, 3.63) is 0 Å². The van der Waals surface area contributed by atoms with E-state index in [1.54, 1.807) is 6.92 Å². The van der Waals surface area contributed by atoms with Gasteiger partial charge in [0.2, 0.25) is 0 Å². The summed E-state index contributed by atoms with van der Waals surface area (Å²) in [5.41, 5.74) is 0. The SMILES string of the molecule is CCC(CNC(=O)NC1CCCCC1)C(=O)O. The zero-order valence-corrected chi connectivity index (χ0v) is 10.4. The molecule has 0 aromatic carbocycles. The molecule has 0 spiro atoms. The quantitative estimate of drug-likeness (QED) is 0.687. The van der Waals surface area contributed by atoms with Crippen LogP contribution in [0.2, 0.25) is 0 Å². The van der Waals surface area contributed by atoms with Crippen LogP contribution in [0, 0.1) is 5.92 Å². The molecule has 1 rings (SSSR count). The lowest BCUT2D eigenvalue weighted by molar-refractivity contribution is -0.141. The first-order valence-electron chi connectivity index (χ1n) is 6.40. The van der Waals surface area contributed by atoms with Crippen LogP contribution >= 0.6 is 0 Å². The van der Waals surface area contributed by atoms with E-state index in [-0.39, 0.29) is 18.6 Å². The molecule has 5 nitrogen and oxygen atoms in total. The molecule has 1 aliphatic rings. The summed E-state index contributed by atoms with van der Waals surface area (Å²) in [6.45, 7) is 2.00. The third-order valence-corrected chi connectivity index (χ3v) is 3.29. The Balaban J connectivity index is 2.21. The number of urea groups is 1. The van der Waals surface area contributed by atoms with Crippen LogP contribution in [-0.2, 0) is 4.79 Å². The van der Waals surface area contributed by atoms with Gasteiger partial charge in [-0.15, -0.1) is 0 Å². The monoisotopic (exact) mass is 242 g/mol. The van der Waals surface area contributed by atoms with Gasteiger partial charge in [-0.3, -0.25) is 4.79 Å². The molecule has 0 saturated heterocycles. The summed E-state index contributed by atoms with van der Waals surface area (Å²) in [5, 5.41) is 14.4.